The molecule has 1 aromatic heterocycles. The Morgan fingerprint density at radius 1 is 1.30 bits per heavy atom. The molecule has 0 aliphatic carbocycles. The van der Waals surface area contributed by atoms with Gasteiger partial charge in [-0.25, -0.2) is 14.2 Å². The lowest BCUT2D eigenvalue weighted by atomic mass is 10.00. The SMILES string of the molecule is Cc1nsc(NC(=O)N2CCC(=Cc3ccc(C(F)(F)F)cc3F)CC2)n1. The maximum Gasteiger partial charge on any atom is 0.416 e. The maximum absolute atomic E-state index is 14.0. The zero-order valence-corrected chi connectivity index (χ0v) is 15.1. The van der Waals surface area contributed by atoms with Crippen LogP contribution in [0.25, 0.3) is 6.08 Å². The largest absolute Gasteiger partial charge is 0.416 e. The third-order valence-electron chi connectivity index (χ3n) is 4.12. The van der Waals surface area contributed by atoms with Gasteiger partial charge in [-0.05, 0) is 31.9 Å². The van der Waals surface area contributed by atoms with E-state index >= 15 is 0 Å². The summed E-state index contributed by atoms with van der Waals surface area (Å²) in [5.74, 6) is -0.332. The molecule has 5 nitrogen and oxygen atoms in total. The lowest BCUT2D eigenvalue weighted by Gasteiger charge is -2.28. The number of hydrogen-bond donors (Lipinski definition) is 1. The van der Waals surface area contributed by atoms with Crippen LogP contribution in [-0.4, -0.2) is 33.4 Å². The fraction of sp³-hybridized carbons (Fsp3) is 0.353. The number of carbonyl (C=O) groups excluding carboxylic acids is 1. The van der Waals surface area contributed by atoms with Crippen molar-refractivity contribution < 1.29 is 22.4 Å². The summed E-state index contributed by atoms with van der Waals surface area (Å²) in [6.45, 7) is 2.58. The van der Waals surface area contributed by atoms with Gasteiger partial charge in [-0.3, -0.25) is 5.32 Å². The van der Waals surface area contributed by atoms with Crippen LogP contribution in [0.5, 0.6) is 0 Å². The number of piperidine rings is 1. The van der Waals surface area contributed by atoms with E-state index in [9.17, 15) is 22.4 Å². The summed E-state index contributed by atoms with van der Waals surface area (Å²) < 4.78 is 55.7. The molecule has 1 aromatic carbocycles. The molecule has 0 unspecified atom stereocenters. The molecule has 27 heavy (non-hydrogen) atoms. The van der Waals surface area contributed by atoms with Crippen molar-refractivity contribution in [2.45, 2.75) is 25.9 Å². The number of alkyl halides is 3. The first-order valence-corrected chi connectivity index (χ1v) is 8.92. The van der Waals surface area contributed by atoms with Crippen LogP contribution in [0.15, 0.2) is 23.8 Å². The summed E-state index contributed by atoms with van der Waals surface area (Å²) in [6.07, 6.45) is -1.98. The summed E-state index contributed by atoms with van der Waals surface area (Å²) in [6, 6.07) is 2.20. The van der Waals surface area contributed by atoms with Crippen molar-refractivity contribution in [1.82, 2.24) is 14.3 Å². The van der Waals surface area contributed by atoms with Crippen LogP contribution < -0.4 is 5.32 Å². The predicted molar refractivity (Wildman–Crippen MR) is 93.9 cm³/mol. The number of rotatable bonds is 2. The van der Waals surface area contributed by atoms with Gasteiger partial charge in [0.1, 0.15) is 11.6 Å². The second-order valence-corrected chi connectivity index (χ2v) is 6.85. The standard InChI is InChI=1S/C17H16F4N4OS/c1-10-22-15(27-24-10)23-16(26)25-6-4-11(5-7-25)8-12-2-3-13(9-14(12)18)17(19,20)21/h2-3,8-9H,4-7H2,1H3,(H,22,23,24,26). The van der Waals surface area contributed by atoms with Crippen molar-refractivity contribution in [1.29, 1.82) is 0 Å². The molecule has 0 saturated carbocycles. The van der Waals surface area contributed by atoms with Gasteiger partial charge in [0, 0.05) is 30.2 Å². The van der Waals surface area contributed by atoms with E-state index in [1.165, 1.54) is 0 Å². The maximum atomic E-state index is 14.0. The molecule has 2 heterocycles. The molecule has 0 spiro atoms. The number of likely N-dealkylation sites (tertiary alicyclic amines) is 1. The predicted octanol–water partition coefficient (Wildman–Crippen LogP) is 4.72. The first-order chi connectivity index (χ1) is 12.7. The Hall–Kier alpha value is -2.49. The quantitative estimate of drug-likeness (QED) is 0.743. The molecular weight excluding hydrogens is 384 g/mol. The summed E-state index contributed by atoms with van der Waals surface area (Å²) in [5.41, 5.74) is -0.0229. The van der Waals surface area contributed by atoms with E-state index < -0.39 is 17.6 Å². The van der Waals surface area contributed by atoms with Gasteiger partial charge in [0.25, 0.3) is 0 Å². The second kappa shape index (κ2) is 7.63. The van der Waals surface area contributed by atoms with E-state index in [0.717, 1.165) is 29.2 Å². The minimum absolute atomic E-state index is 0.111. The normalized spacial score (nSPS) is 15.0. The van der Waals surface area contributed by atoms with Crippen LogP contribution in [0.3, 0.4) is 0 Å². The first kappa shape index (κ1) is 19.3. The van der Waals surface area contributed by atoms with Gasteiger partial charge in [0.15, 0.2) is 0 Å². The summed E-state index contributed by atoms with van der Waals surface area (Å²) in [4.78, 5) is 17.9. The topological polar surface area (TPSA) is 58.1 Å². The molecule has 2 amide bonds. The number of aryl methyl sites for hydroxylation is 1. The molecule has 0 bridgehead atoms. The molecule has 0 atom stereocenters. The number of urea groups is 1. The molecular formula is C17H16F4N4OS. The highest BCUT2D eigenvalue weighted by Gasteiger charge is 2.31. The summed E-state index contributed by atoms with van der Waals surface area (Å²) >= 11 is 1.10. The Morgan fingerprint density at radius 3 is 2.56 bits per heavy atom. The zero-order valence-electron chi connectivity index (χ0n) is 14.3. The first-order valence-electron chi connectivity index (χ1n) is 8.15. The number of carbonyl (C=O) groups is 1. The van der Waals surface area contributed by atoms with Crippen molar-refractivity contribution >= 4 is 28.8 Å². The van der Waals surface area contributed by atoms with Crippen LogP contribution >= 0.6 is 11.5 Å². The fourth-order valence-electron chi connectivity index (χ4n) is 2.70. The van der Waals surface area contributed by atoms with Crippen molar-refractivity contribution in [3.63, 3.8) is 0 Å². The van der Waals surface area contributed by atoms with Gasteiger partial charge in [-0.15, -0.1) is 0 Å². The van der Waals surface area contributed by atoms with Gasteiger partial charge < -0.3 is 4.90 Å². The number of hydrogen-bond acceptors (Lipinski definition) is 4. The fourth-order valence-corrected chi connectivity index (χ4v) is 3.27. The lowest BCUT2D eigenvalue weighted by Crippen LogP contribution is -2.39. The van der Waals surface area contributed by atoms with Gasteiger partial charge >= 0.3 is 12.2 Å². The number of nitrogens with zero attached hydrogens (tertiary/aromatic N) is 3. The molecule has 2 aromatic rings. The lowest BCUT2D eigenvalue weighted by molar-refractivity contribution is -0.137. The van der Waals surface area contributed by atoms with E-state index in [4.69, 9.17) is 0 Å². The summed E-state index contributed by atoms with van der Waals surface area (Å²) in [5, 5.41) is 3.09. The third kappa shape index (κ3) is 4.82. The molecule has 1 saturated heterocycles. The molecule has 3 rings (SSSR count). The molecule has 144 valence electrons. The van der Waals surface area contributed by atoms with Crippen molar-refractivity contribution in [2.24, 2.45) is 0 Å². The van der Waals surface area contributed by atoms with Crippen LogP contribution in [-0.2, 0) is 6.18 Å². The van der Waals surface area contributed by atoms with E-state index in [2.05, 4.69) is 14.7 Å². The smallest absolute Gasteiger partial charge is 0.324 e. The van der Waals surface area contributed by atoms with Gasteiger partial charge in [-0.2, -0.15) is 17.5 Å². The number of aromatic nitrogens is 2. The van der Waals surface area contributed by atoms with Crippen molar-refractivity contribution in [2.75, 3.05) is 18.4 Å². The van der Waals surface area contributed by atoms with Gasteiger partial charge in [-0.1, -0.05) is 17.7 Å². The van der Waals surface area contributed by atoms with E-state index in [1.807, 2.05) is 0 Å². The van der Waals surface area contributed by atoms with Crippen LogP contribution in [0.1, 0.15) is 29.8 Å². The number of amides is 2. The Labute approximate surface area is 156 Å². The third-order valence-corrected chi connectivity index (χ3v) is 4.84. The Morgan fingerprint density at radius 2 is 2.00 bits per heavy atom. The average Bonchev–Trinajstić information content (AvgIpc) is 3.01. The molecule has 0 radical (unpaired) electrons. The Kier molecular flexibility index (Phi) is 5.45. The Bertz CT molecular complexity index is 868. The van der Waals surface area contributed by atoms with E-state index in [1.54, 1.807) is 17.9 Å². The van der Waals surface area contributed by atoms with Crippen LogP contribution in [0, 0.1) is 12.7 Å². The highest BCUT2D eigenvalue weighted by Crippen LogP contribution is 2.31. The zero-order chi connectivity index (χ0) is 19.6. The molecule has 10 heteroatoms. The highest BCUT2D eigenvalue weighted by molar-refractivity contribution is 7.09. The van der Waals surface area contributed by atoms with Crippen molar-refractivity contribution in [3.8, 4) is 0 Å². The van der Waals surface area contributed by atoms with E-state index in [0.29, 0.717) is 43.0 Å². The molecule has 1 aliphatic rings. The van der Waals surface area contributed by atoms with Crippen molar-refractivity contribution in [3.05, 3.63) is 46.5 Å². The van der Waals surface area contributed by atoms with Gasteiger partial charge in [0.05, 0.1) is 5.56 Å². The molecule has 1 fully saturated rings. The number of anilines is 1. The molecule has 1 aliphatic heterocycles. The number of nitrogens with one attached hydrogen (secondary N) is 1. The second-order valence-electron chi connectivity index (χ2n) is 6.10. The monoisotopic (exact) mass is 400 g/mol. The highest BCUT2D eigenvalue weighted by atomic mass is 32.1. The summed E-state index contributed by atoms with van der Waals surface area (Å²) in [7, 11) is 0. The minimum atomic E-state index is -4.57. The van der Waals surface area contributed by atoms with Crippen LogP contribution in [0.4, 0.5) is 27.5 Å². The van der Waals surface area contributed by atoms with Gasteiger partial charge in [0.2, 0.25) is 5.13 Å². The van der Waals surface area contributed by atoms with Crippen LogP contribution in [0.2, 0.25) is 0 Å². The Balaban J connectivity index is 1.61. The molecule has 1 N–H and O–H groups in total. The average molecular weight is 400 g/mol. The minimum Gasteiger partial charge on any atom is -0.324 e. The number of benzene rings is 1. The van der Waals surface area contributed by atoms with E-state index in [-0.39, 0.29) is 11.6 Å². The number of halogens is 4.